The van der Waals surface area contributed by atoms with Gasteiger partial charge in [-0.25, -0.2) is 0 Å². The molecule has 0 saturated carbocycles. The van der Waals surface area contributed by atoms with Gasteiger partial charge in [0.25, 0.3) is 5.56 Å². The Morgan fingerprint density at radius 2 is 1.87 bits per heavy atom. The van der Waals surface area contributed by atoms with E-state index in [1.807, 2.05) is 12.1 Å². The summed E-state index contributed by atoms with van der Waals surface area (Å²) >= 11 is 6.04. The third kappa shape index (κ3) is 5.91. The molecule has 1 aromatic heterocycles. The number of aryl methyl sites for hydroxylation is 1. The van der Waals surface area contributed by atoms with Crippen LogP contribution in [0.2, 0.25) is 5.02 Å². The van der Waals surface area contributed by atoms with Crippen molar-refractivity contribution in [2.24, 2.45) is 5.73 Å². The van der Waals surface area contributed by atoms with Crippen molar-refractivity contribution < 1.29 is 9.00 Å². The Hall–Kier alpha value is -2.74. The summed E-state index contributed by atoms with van der Waals surface area (Å²) in [5.41, 5.74) is 8.26. The van der Waals surface area contributed by atoms with Crippen LogP contribution in [-0.4, -0.2) is 14.7 Å². The van der Waals surface area contributed by atoms with Crippen LogP contribution in [0.15, 0.2) is 70.5 Å². The molecule has 1 amide bonds. The van der Waals surface area contributed by atoms with Gasteiger partial charge in [-0.1, -0.05) is 35.9 Å². The van der Waals surface area contributed by atoms with Gasteiger partial charge in [-0.05, 0) is 53.9 Å². The normalized spacial score (nSPS) is 11.8. The molecule has 8 heteroatoms. The van der Waals surface area contributed by atoms with Gasteiger partial charge < -0.3 is 15.6 Å². The van der Waals surface area contributed by atoms with Crippen LogP contribution in [0.5, 0.6) is 0 Å². The number of nitrogens with zero attached hydrogens (tertiary/aromatic N) is 1. The average Bonchev–Trinajstić information content (AvgIpc) is 2.77. The number of carbonyl (C=O) groups is 1. The van der Waals surface area contributed by atoms with E-state index >= 15 is 0 Å². The van der Waals surface area contributed by atoms with Gasteiger partial charge in [-0.15, -0.1) is 0 Å². The zero-order valence-corrected chi connectivity index (χ0v) is 18.7. The quantitative estimate of drug-likeness (QED) is 0.543. The van der Waals surface area contributed by atoms with E-state index in [1.54, 1.807) is 55.6 Å². The molecule has 0 aliphatic rings. The summed E-state index contributed by atoms with van der Waals surface area (Å²) in [5.74, 6) is -0.259. The number of amides is 1. The molecule has 1 atom stereocenters. The fourth-order valence-corrected chi connectivity index (χ4v) is 4.44. The molecule has 162 valence electrons. The predicted molar refractivity (Wildman–Crippen MR) is 123 cm³/mol. The van der Waals surface area contributed by atoms with Crippen LogP contribution in [0.25, 0.3) is 0 Å². The highest BCUT2D eigenvalue weighted by Crippen LogP contribution is 2.16. The summed E-state index contributed by atoms with van der Waals surface area (Å²) in [5, 5.41) is 3.39. The maximum Gasteiger partial charge on any atom is 0.255 e. The second kappa shape index (κ2) is 10.5. The van der Waals surface area contributed by atoms with E-state index in [0.29, 0.717) is 27.6 Å². The maximum absolute atomic E-state index is 12.9. The Labute approximate surface area is 188 Å². The molecule has 6 nitrogen and oxygen atoms in total. The van der Waals surface area contributed by atoms with Crippen molar-refractivity contribution in [2.75, 3.05) is 0 Å². The average molecular weight is 458 g/mol. The third-order valence-electron chi connectivity index (χ3n) is 4.96. The monoisotopic (exact) mass is 457 g/mol. The molecule has 3 rings (SSSR count). The fourth-order valence-electron chi connectivity index (χ4n) is 3.18. The van der Waals surface area contributed by atoms with Crippen molar-refractivity contribution >= 4 is 28.3 Å². The van der Waals surface area contributed by atoms with Gasteiger partial charge in [0, 0.05) is 34.8 Å². The van der Waals surface area contributed by atoms with Gasteiger partial charge >= 0.3 is 0 Å². The van der Waals surface area contributed by atoms with Crippen molar-refractivity contribution in [3.8, 4) is 0 Å². The fraction of sp³-hybridized carbons (Fsp3) is 0.217. The van der Waals surface area contributed by atoms with E-state index in [2.05, 4.69) is 5.32 Å². The molecule has 0 aliphatic carbocycles. The van der Waals surface area contributed by atoms with Crippen molar-refractivity contribution in [3.63, 3.8) is 0 Å². The van der Waals surface area contributed by atoms with E-state index in [-0.39, 0.29) is 30.3 Å². The minimum Gasteiger partial charge on any atom is -0.352 e. The molecule has 0 fully saturated rings. The Morgan fingerprint density at radius 3 is 2.58 bits per heavy atom. The first-order valence-electron chi connectivity index (χ1n) is 9.75. The SMILES string of the molecule is Cc1ccn(CS(=O)c2ccccc2)c(=O)c1CC(=O)NCc1cc(Cl)ccc1CN. The topological polar surface area (TPSA) is 94.2 Å². The van der Waals surface area contributed by atoms with Gasteiger partial charge in [0.15, 0.2) is 0 Å². The van der Waals surface area contributed by atoms with Crippen LogP contribution in [-0.2, 0) is 41.0 Å². The van der Waals surface area contributed by atoms with Crippen molar-refractivity contribution in [3.05, 3.63) is 98.4 Å². The minimum absolute atomic E-state index is 0.0279. The van der Waals surface area contributed by atoms with Crippen molar-refractivity contribution in [2.45, 2.75) is 37.2 Å². The number of aromatic nitrogens is 1. The molecule has 2 aromatic carbocycles. The molecule has 1 heterocycles. The van der Waals surface area contributed by atoms with Crippen LogP contribution >= 0.6 is 11.6 Å². The lowest BCUT2D eigenvalue weighted by Gasteiger charge is -2.12. The summed E-state index contributed by atoms with van der Waals surface area (Å²) in [7, 11) is -1.37. The molecular weight excluding hydrogens is 434 g/mol. The molecule has 0 spiro atoms. The van der Waals surface area contributed by atoms with Gasteiger partial charge in [-0.2, -0.15) is 0 Å². The lowest BCUT2D eigenvalue weighted by Crippen LogP contribution is -2.31. The summed E-state index contributed by atoms with van der Waals surface area (Å²) < 4.78 is 14.0. The van der Waals surface area contributed by atoms with Gasteiger partial charge in [0.2, 0.25) is 5.91 Å². The number of nitrogens with one attached hydrogen (secondary N) is 1. The summed E-state index contributed by atoms with van der Waals surface area (Å²) in [6.07, 6.45) is 1.54. The van der Waals surface area contributed by atoms with Gasteiger partial charge in [0.05, 0.1) is 17.2 Å². The number of benzene rings is 2. The molecule has 0 aliphatic heterocycles. The number of carbonyl (C=O) groups excluding carboxylic acids is 1. The first-order valence-corrected chi connectivity index (χ1v) is 11.4. The van der Waals surface area contributed by atoms with E-state index < -0.39 is 10.8 Å². The van der Waals surface area contributed by atoms with E-state index in [9.17, 15) is 13.8 Å². The van der Waals surface area contributed by atoms with Crippen LogP contribution in [0, 0.1) is 6.92 Å². The van der Waals surface area contributed by atoms with Crippen molar-refractivity contribution in [1.82, 2.24) is 9.88 Å². The zero-order chi connectivity index (χ0) is 22.4. The van der Waals surface area contributed by atoms with E-state index in [4.69, 9.17) is 17.3 Å². The Balaban J connectivity index is 1.72. The largest absolute Gasteiger partial charge is 0.352 e. The number of hydrogen-bond donors (Lipinski definition) is 2. The molecule has 0 saturated heterocycles. The highest BCUT2D eigenvalue weighted by molar-refractivity contribution is 7.84. The molecule has 3 N–H and O–H groups in total. The predicted octanol–water partition coefficient (Wildman–Crippen LogP) is 2.89. The highest BCUT2D eigenvalue weighted by atomic mass is 35.5. The first-order chi connectivity index (χ1) is 14.9. The van der Waals surface area contributed by atoms with Crippen LogP contribution in [0.1, 0.15) is 22.3 Å². The zero-order valence-electron chi connectivity index (χ0n) is 17.1. The lowest BCUT2D eigenvalue weighted by molar-refractivity contribution is -0.120. The first kappa shape index (κ1) is 22.9. The molecular formula is C23H24ClN3O3S. The molecule has 0 bridgehead atoms. The third-order valence-corrected chi connectivity index (χ3v) is 6.51. The Kier molecular flexibility index (Phi) is 7.79. The van der Waals surface area contributed by atoms with Crippen molar-refractivity contribution in [1.29, 1.82) is 0 Å². The molecule has 1 unspecified atom stereocenters. The van der Waals surface area contributed by atoms with Crippen LogP contribution < -0.4 is 16.6 Å². The van der Waals surface area contributed by atoms with Gasteiger partial charge in [-0.3, -0.25) is 13.8 Å². The summed E-state index contributed by atoms with van der Waals surface area (Å²) in [4.78, 5) is 26.1. The molecule has 31 heavy (non-hydrogen) atoms. The summed E-state index contributed by atoms with van der Waals surface area (Å²) in [6.45, 7) is 2.39. The number of nitrogens with two attached hydrogens (primary N) is 1. The second-order valence-electron chi connectivity index (χ2n) is 7.11. The summed E-state index contributed by atoms with van der Waals surface area (Å²) in [6, 6.07) is 16.1. The molecule has 0 radical (unpaired) electrons. The lowest BCUT2D eigenvalue weighted by atomic mass is 10.1. The Bertz CT molecular complexity index is 1160. The number of pyridine rings is 1. The second-order valence-corrected chi connectivity index (χ2v) is 8.97. The van der Waals surface area contributed by atoms with Crippen LogP contribution in [0.3, 0.4) is 0 Å². The van der Waals surface area contributed by atoms with E-state index in [0.717, 1.165) is 11.1 Å². The molecule has 3 aromatic rings. The smallest absolute Gasteiger partial charge is 0.255 e. The standard InChI is InChI=1S/C23H24ClN3O3S/c1-16-9-10-27(15-31(30)20-5-3-2-4-6-20)23(29)21(16)12-22(28)26-14-18-11-19(24)8-7-17(18)13-25/h2-11H,12-15,25H2,1H3,(H,26,28). The van der Waals surface area contributed by atoms with Gasteiger partial charge in [0.1, 0.15) is 5.88 Å². The maximum atomic E-state index is 12.9. The minimum atomic E-state index is -1.37. The number of rotatable bonds is 8. The van der Waals surface area contributed by atoms with Crippen LogP contribution in [0.4, 0.5) is 0 Å². The Morgan fingerprint density at radius 1 is 1.13 bits per heavy atom. The number of halogens is 1. The number of hydrogen-bond acceptors (Lipinski definition) is 4. The highest BCUT2D eigenvalue weighted by Gasteiger charge is 2.14. The van der Waals surface area contributed by atoms with E-state index in [1.165, 1.54) is 4.57 Å².